The van der Waals surface area contributed by atoms with E-state index < -0.39 is 0 Å². The Bertz CT molecular complexity index is 755. The number of rotatable bonds is 9. The second-order valence-electron chi connectivity index (χ2n) is 8.18. The fraction of sp³-hybridized carbons (Fsp3) is 0.480. The number of carbonyl (C=O) groups excluding carboxylic acids is 1. The summed E-state index contributed by atoms with van der Waals surface area (Å²) in [5.74, 6) is 1.57. The Morgan fingerprint density at radius 3 is 2.52 bits per heavy atom. The van der Waals surface area contributed by atoms with E-state index in [1.165, 1.54) is 37.1 Å². The third-order valence-corrected chi connectivity index (χ3v) is 5.48. The summed E-state index contributed by atoms with van der Waals surface area (Å²) in [4.78, 5) is 14.8. The monoisotopic (exact) mass is 394 g/mol. The van der Waals surface area contributed by atoms with Crippen LogP contribution in [0, 0.1) is 5.92 Å². The molecule has 0 saturated carbocycles. The molecule has 1 fully saturated rings. The zero-order valence-electron chi connectivity index (χ0n) is 17.8. The van der Waals surface area contributed by atoms with Crippen LogP contribution in [0.3, 0.4) is 0 Å². The predicted octanol–water partition coefficient (Wildman–Crippen LogP) is 4.68. The summed E-state index contributed by atoms with van der Waals surface area (Å²) >= 11 is 0. The van der Waals surface area contributed by atoms with Crippen molar-refractivity contribution in [3.8, 4) is 5.75 Å². The Labute approximate surface area is 175 Å². The number of benzene rings is 2. The number of carbonyl (C=O) groups is 1. The van der Waals surface area contributed by atoms with Crippen molar-refractivity contribution in [3.05, 3.63) is 65.2 Å². The van der Waals surface area contributed by atoms with Gasteiger partial charge in [-0.3, -0.25) is 9.69 Å². The lowest BCUT2D eigenvalue weighted by Crippen LogP contribution is -2.33. The lowest BCUT2D eigenvalue weighted by Gasteiger charge is -2.30. The first kappa shape index (κ1) is 21.4. The average molecular weight is 395 g/mol. The molecule has 0 spiro atoms. The number of piperidine rings is 1. The van der Waals surface area contributed by atoms with Crippen LogP contribution in [0.5, 0.6) is 5.75 Å². The molecule has 0 aromatic heterocycles. The van der Waals surface area contributed by atoms with Gasteiger partial charge in [-0.1, -0.05) is 44.5 Å². The Morgan fingerprint density at radius 2 is 1.83 bits per heavy atom. The zero-order chi connectivity index (χ0) is 20.5. The van der Waals surface area contributed by atoms with Crippen LogP contribution >= 0.6 is 0 Å². The fourth-order valence-corrected chi connectivity index (χ4v) is 3.93. The van der Waals surface area contributed by atoms with Crippen molar-refractivity contribution in [2.75, 3.05) is 26.2 Å². The van der Waals surface area contributed by atoms with E-state index in [0.29, 0.717) is 18.7 Å². The first-order chi connectivity index (χ1) is 14.1. The first-order valence-corrected chi connectivity index (χ1v) is 10.9. The summed E-state index contributed by atoms with van der Waals surface area (Å²) in [6.07, 6.45) is 4.85. The lowest BCUT2D eigenvalue weighted by atomic mass is 9.99. The van der Waals surface area contributed by atoms with E-state index in [4.69, 9.17) is 4.74 Å². The molecule has 1 atom stereocenters. The minimum absolute atomic E-state index is 0.0509. The van der Waals surface area contributed by atoms with Gasteiger partial charge in [-0.05, 0) is 67.1 Å². The number of ether oxygens (including phenoxy) is 1. The number of likely N-dealkylation sites (tertiary alicyclic amines) is 1. The Balaban J connectivity index is 1.39. The summed E-state index contributed by atoms with van der Waals surface area (Å²) in [5.41, 5.74) is 3.29. The van der Waals surface area contributed by atoms with Crippen LogP contribution in [-0.2, 0) is 13.0 Å². The highest BCUT2D eigenvalue weighted by atomic mass is 16.5. The normalized spacial score (nSPS) is 17.1. The summed E-state index contributed by atoms with van der Waals surface area (Å²) < 4.78 is 5.72. The molecule has 2 aromatic rings. The van der Waals surface area contributed by atoms with Crippen molar-refractivity contribution < 1.29 is 9.53 Å². The Hall–Kier alpha value is -2.33. The number of hydrogen-bond acceptors (Lipinski definition) is 3. The molecule has 0 unspecified atom stereocenters. The van der Waals surface area contributed by atoms with Gasteiger partial charge < -0.3 is 10.1 Å². The maximum absolute atomic E-state index is 12.3. The molecular formula is C25H34N2O2. The van der Waals surface area contributed by atoms with Crippen LogP contribution < -0.4 is 10.1 Å². The van der Waals surface area contributed by atoms with Crippen LogP contribution in [-0.4, -0.2) is 37.0 Å². The molecule has 0 radical (unpaired) electrons. The number of nitrogens with one attached hydrogen (secondary N) is 1. The largest absolute Gasteiger partial charge is 0.492 e. The number of nitrogens with zero attached hydrogens (tertiary/aromatic N) is 1. The molecule has 4 nitrogen and oxygen atoms in total. The number of amides is 1. The third kappa shape index (κ3) is 6.90. The summed E-state index contributed by atoms with van der Waals surface area (Å²) in [6, 6.07) is 16.2. The van der Waals surface area contributed by atoms with Gasteiger partial charge >= 0.3 is 0 Å². The third-order valence-electron chi connectivity index (χ3n) is 5.48. The van der Waals surface area contributed by atoms with Crippen LogP contribution in [0.1, 0.15) is 54.6 Å². The highest BCUT2D eigenvalue weighted by Crippen LogP contribution is 2.18. The predicted molar refractivity (Wildman–Crippen MR) is 118 cm³/mol. The Morgan fingerprint density at radius 1 is 1.10 bits per heavy atom. The molecule has 156 valence electrons. The molecule has 1 N–H and O–H groups in total. The van der Waals surface area contributed by atoms with Crippen molar-refractivity contribution in [3.63, 3.8) is 0 Å². The maximum Gasteiger partial charge on any atom is 0.251 e. The first-order valence-electron chi connectivity index (χ1n) is 10.9. The average Bonchev–Trinajstić information content (AvgIpc) is 2.73. The van der Waals surface area contributed by atoms with E-state index in [2.05, 4.69) is 48.3 Å². The summed E-state index contributed by atoms with van der Waals surface area (Å²) in [7, 11) is 0. The van der Waals surface area contributed by atoms with Crippen molar-refractivity contribution in [2.24, 2.45) is 5.92 Å². The van der Waals surface area contributed by atoms with E-state index in [1.807, 2.05) is 24.3 Å². The van der Waals surface area contributed by atoms with Crippen LogP contribution in [0.2, 0.25) is 0 Å². The minimum atomic E-state index is -0.0509. The van der Waals surface area contributed by atoms with Crippen molar-refractivity contribution >= 4 is 5.91 Å². The quantitative estimate of drug-likeness (QED) is 0.628. The van der Waals surface area contributed by atoms with E-state index >= 15 is 0 Å². The van der Waals surface area contributed by atoms with E-state index in [0.717, 1.165) is 31.1 Å². The molecule has 0 bridgehead atoms. The van der Waals surface area contributed by atoms with E-state index in [-0.39, 0.29) is 5.91 Å². The molecule has 1 aliphatic heterocycles. The lowest BCUT2D eigenvalue weighted by molar-refractivity contribution is 0.0947. The van der Waals surface area contributed by atoms with Gasteiger partial charge in [-0.15, -0.1) is 0 Å². The molecule has 4 heteroatoms. The van der Waals surface area contributed by atoms with Crippen LogP contribution in [0.15, 0.2) is 48.5 Å². The Kier molecular flexibility index (Phi) is 8.12. The highest BCUT2D eigenvalue weighted by Gasteiger charge is 2.16. The maximum atomic E-state index is 12.3. The second kappa shape index (κ2) is 11.0. The highest BCUT2D eigenvalue weighted by molar-refractivity contribution is 5.94. The second-order valence-corrected chi connectivity index (χ2v) is 8.18. The minimum Gasteiger partial charge on any atom is -0.492 e. The SMILES string of the molecule is CCCc1ccc(OCCNC(=O)c2ccc(CN3CCC[C@H](C)C3)cc2)cc1. The molecule has 0 aliphatic carbocycles. The standard InChI is InChI=1S/C25H34N2O2/c1-3-5-21-9-13-24(14-10-21)29-17-15-26-25(28)23-11-7-22(8-12-23)19-27-16-4-6-20(2)18-27/h7-14,20H,3-6,15-19H2,1-2H3,(H,26,28)/t20-/m0/s1. The van der Waals surface area contributed by atoms with Gasteiger partial charge in [0.05, 0.1) is 6.54 Å². The van der Waals surface area contributed by atoms with E-state index in [9.17, 15) is 4.79 Å². The molecule has 29 heavy (non-hydrogen) atoms. The number of hydrogen-bond donors (Lipinski definition) is 1. The van der Waals surface area contributed by atoms with E-state index in [1.54, 1.807) is 0 Å². The number of aryl methyl sites for hydroxylation is 1. The van der Waals surface area contributed by atoms with Gasteiger partial charge in [-0.2, -0.15) is 0 Å². The van der Waals surface area contributed by atoms with Gasteiger partial charge in [0.15, 0.2) is 0 Å². The van der Waals surface area contributed by atoms with Gasteiger partial charge in [0, 0.05) is 18.7 Å². The van der Waals surface area contributed by atoms with Crippen molar-refractivity contribution in [2.45, 2.75) is 46.1 Å². The molecule has 1 aliphatic rings. The van der Waals surface area contributed by atoms with Gasteiger partial charge in [0.1, 0.15) is 12.4 Å². The van der Waals surface area contributed by atoms with Gasteiger partial charge in [0.25, 0.3) is 5.91 Å². The molecule has 1 amide bonds. The summed E-state index contributed by atoms with van der Waals surface area (Å²) in [5, 5.41) is 2.93. The van der Waals surface area contributed by atoms with Crippen molar-refractivity contribution in [1.82, 2.24) is 10.2 Å². The topological polar surface area (TPSA) is 41.6 Å². The molecule has 2 aromatic carbocycles. The zero-order valence-corrected chi connectivity index (χ0v) is 17.8. The van der Waals surface area contributed by atoms with Crippen molar-refractivity contribution in [1.29, 1.82) is 0 Å². The van der Waals surface area contributed by atoms with Gasteiger partial charge in [0.2, 0.25) is 0 Å². The molecule has 1 heterocycles. The molecule has 3 rings (SSSR count). The molecule has 1 saturated heterocycles. The fourth-order valence-electron chi connectivity index (χ4n) is 3.93. The van der Waals surface area contributed by atoms with Gasteiger partial charge in [-0.25, -0.2) is 0 Å². The molecular weight excluding hydrogens is 360 g/mol. The van der Waals surface area contributed by atoms with Crippen LogP contribution in [0.4, 0.5) is 0 Å². The van der Waals surface area contributed by atoms with Crippen LogP contribution in [0.25, 0.3) is 0 Å². The smallest absolute Gasteiger partial charge is 0.251 e. The summed E-state index contributed by atoms with van der Waals surface area (Å²) in [6.45, 7) is 8.77.